The topological polar surface area (TPSA) is 69.7 Å². The molecule has 1 aromatic carbocycles. The zero-order chi connectivity index (χ0) is 23.2. The average molecular weight is 468 g/mol. The molecule has 176 valence electrons. The second kappa shape index (κ2) is 11.0. The highest BCUT2D eigenvalue weighted by Crippen LogP contribution is 2.25. The van der Waals surface area contributed by atoms with Crippen molar-refractivity contribution in [1.82, 2.24) is 15.1 Å². The summed E-state index contributed by atoms with van der Waals surface area (Å²) >= 11 is 1.44. The van der Waals surface area contributed by atoms with E-state index >= 15 is 0 Å². The Morgan fingerprint density at radius 3 is 2.42 bits per heavy atom. The lowest BCUT2D eigenvalue weighted by Crippen LogP contribution is -2.51. The van der Waals surface area contributed by atoms with Crippen LogP contribution >= 0.6 is 11.3 Å². The molecule has 2 aromatic rings. The first-order chi connectivity index (χ1) is 16.1. The molecule has 0 bridgehead atoms. The Morgan fingerprint density at radius 1 is 1.00 bits per heavy atom. The van der Waals surface area contributed by atoms with Crippen molar-refractivity contribution in [3.8, 4) is 0 Å². The van der Waals surface area contributed by atoms with Crippen LogP contribution in [0.4, 0.5) is 0 Å². The smallest absolute Gasteiger partial charge is 0.263 e. The number of benzene rings is 1. The highest BCUT2D eigenvalue weighted by atomic mass is 32.1. The van der Waals surface area contributed by atoms with E-state index in [1.807, 2.05) is 57.6 Å². The highest BCUT2D eigenvalue weighted by Gasteiger charge is 2.32. The predicted octanol–water partition coefficient (Wildman–Crippen LogP) is 3.90. The van der Waals surface area contributed by atoms with Crippen molar-refractivity contribution >= 4 is 29.1 Å². The lowest BCUT2D eigenvalue weighted by atomic mass is 9.93. The second-order valence-electron chi connectivity index (χ2n) is 9.05. The van der Waals surface area contributed by atoms with E-state index in [-0.39, 0.29) is 35.6 Å². The van der Waals surface area contributed by atoms with Crippen LogP contribution in [0.1, 0.15) is 60.2 Å². The van der Waals surface area contributed by atoms with Crippen LogP contribution < -0.4 is 5.32 Å². The molecular formula is C26H33N3O3S. The number of hydrogen-bond donors (Lipinski definition) is 1. The van der Waals surface area contributed by atoms with Gasteiger partial charge < -0.3 is 15.1 Å². The highest BCUT2D eigenvalue weighted by molar-refractivity contribution is 7.12. The molecule has 1 aromatic heterocycles. The van der Waals surface area contributed by atoms with Crippen molar-refractivity contribution in [3.63, 3.8) is 0 Å². The minimum absolute atomic E-state index is 0.0261. The lowest BCUT2D eigenvalue weighted by molar-refractivity contribution is -0.134. The van der Waals surface area contributed by atoms with E-state index in [0.29, 0.717) is 26.2 Å². The van der Waals surface area contributed by atoms with Crippen molar-refractivity contribution in [3.05, 3.63) is 58.3 Å². The van der Waals surface area contributed by atoms with Crippen LogP contribution in [0, 0.1) is 5.92 Å². The summed E-state index contributed by atoms with van der Waals surface area (Å²) in [5.74, 6) is -0.0165. The predicted molar refractivity (Wildman–Crippen MR) is 130 cm³/mol. The van der Waals surface area contributed by atoms with Gasteiger partial charge in [-0.25, -0.2) is 0 Å². The van der Waals surface area contributed by atoms with Gasteiger partial charge >= 0.3 is 0 Å². The summed E-state index contributed by atoms with van der Waals surface area (Å²) in [7, 11) is 0. The summed E-state index contributed by atoms with van der Waals surface area (Å²) in [6, 6.07) is 13.8. The Morgan fingerprint density at radius 2 is 1.76 bits per heavy atom. The van der Waals surface area contributed by atoms with Gasteiger partial charge in [0, 0.05) is 32.2 Å². The molecule has 2 aliphatic heterocycles. The molecule has 2 unspecified atom stereocenters. The Bertz CT molecular complexity index is 939. The van der Waals surface area contributed by atoms with E-state index in [1.165, 1.54) is 11.3 Å². The Labute approximate surface area is 200 Å². The minimum Gasteiger partial charge on any atom is -0.353 e. The molecular weight excluding hydrogens is 434 g/mol. The Balaban J connectivity index is 1.27. The fourth-order valence-electron chi connectivity index (χ4n) is 4.95. The number of likely N-dealkylation sites (tertiary alicyclic amines) is 2. The van der Waals surface area contributed by atoms with E-state index in [9.17, 15) is 14.4 Å². The lowest BCUT2D eigenvalue weighted by Gasteiger charge is -2.36. The molecule has 6 nitrogen and oxygen atoms in total. The average Bonchev–Trinajstić information content (AvgIpc) is 3.40. The summed E-state index contributed by atoms with van der Waals surface area (Å²) < 4.78 is 0. The third-order valence-electron chi connectivity index (χ3n) is 6.87. The number of amides is 3. The van der Waals surface area contributed by atoms with Gasteiger partial charge in [0.15, 0.2) is 0 Å². The summed E-state index contributed by atoms with van der Waals surface area (Å²) in [6.45, 7) is 4.58. The van der Waals surface area contributed by atoms with Gasteiger partial charge in [-0.3, -0.25) is 14.4 Å². The van der Waals surface area contributed by atoms with Crippen LogP contribution in [-0.4, -0.2) is 59.7 Å². The first-order valence-corrected chi connectivity index (χ1v) is 12.9. The van der Waals surface area contributed by atoms with E-state index in [4.69, 9.17) is 0 Å². The molecule has 0 radical (unpaired) electrons. The van der Waals surface area contributed by atoms with Gasteiger partial charge in [0.05, 0.1) is 16.7 Å². The van der Waals surface area contributed by atoms with Gasteiger partial charge in [-0.2, -0.15) is 0 Å². The second-order valence-corrected chi connectivity index (χ2v) is 9.99. The molecule has 0 spiro atoms. The van der Waals surface area contributed by atoms with Crippen molar-refractivity contribution in [2.24, 2.45) is 5.92 Å². The van der Waals surface area contributed by atoms with E-state index in [2.05, 4.69) is 12.2 Å². The number of carbonyl (C=O) groups excluding carboxylic acids is 3. The Hall–Kier alpha value is -2.67. The normalized spacial score (nSPS) is 20.3. The van der Waals surface area contributed by atoms with E-state index in [0.717, 1.165) is 42.5 Å². The van der Waals surface area contributed by atoms with Crippen molar-refractivity contribution in [2.45, 2.75) is 51.0 Å². The summed E-state index contributed by atoms with van der Waals surface area (Å²) in [6.07, 6.45) is 3.98. The van der Waals surface area contributed by atoms with Crippen LogP contribution in [0.15, 0.2) is 47.8 Å². The number of nitrogens with zero attached hydrogens (tertiary/aromatic N) is 2. The van der Waals surface area contributed by atoms with Gasteiger partial charge in [0.2, 0.25) is 11.8 Å². The molecule has 2 aliphatic rings. The van der Waals surface area contributed by atoms with Crippen molar-refractivity contribution in [2.75, 3.05) is 26.2 Å². The third-order valence-corrected chi connectivity index (χ3v) is 7.73. The summed E-state index contributed by atoms with van der Waals surface area (Å²) in [5.41, 5.74) is 1.07. The maximum absolute atomic E-state index is 13.1. The van der Waals surface area contributed by atoms with E-state index in [1.54, 1.807) is 0 Å². The van der Waals surface area contributed by atoms with Crippen LogP contribution in [-0.2, 0) is 9.59 Å². The molecule has 7 heteroatoms. The first-order valence-electron chi connectivity index (χ1n) is 12.0. The molecule has 2 saturated heterocycles. The summed E-state index contributed by atoms with van der Waals surface area (Å²) in [4.78, 5) is 43.2. The first kappa shape index (κ1) is 23.5. The number of hydrogen-bond acceptors (Lipinski definition) is 4. The quantitative estimate of drug-likeness (QED) is 0.701. The molecule has 2 atom stereocenters. The number of rotatable bonds is 6. The zero-order valence-corrected chi connectivity index (χ0v) is 20.1. The van der Waals surface area contributed by atoms with Crippen LogP contribution in [0.5, 0.6) is 0 Å². The fraction of sp³-hybridized carbons (Fsp3) is 0.500. The van der Waals surface area contributed by atoms with Crippen molar-refractivity contribution in [1.29, 1.82) is 0 Å². The SMILES string of the molecule is CCC(C(=O)N1CCC(NC(=O)C2CCCN(C(=O)c3cccs3)C2)CC1)c1ccccc1. The maximum atomic E-state index is 13.1. The maximum Gasteiger partial charge on any atom is 0.263 e. The number of nitrogens with one attached hydrogen (secondary N) is 1. The van der Waals surface area contributed by atoms with E-state index < -0.39 is 0 Å². The standard InChI is InChI=1S/C26H33N3O3S/c1-2-22(19-8-4-3-5-9-19)25(31)28-15-12-21(13-16-28)27-24(30)20-10-6-14-29(18-20)26(32)23-11-7-17-33-23/h3-5,7-9,11,17,20-22H,2,6,10,12-16,18H2,1H3,(H,27,30). The van der Waals surface area contributed by atoms with Gasteiger partial charge in [-0.15, -0.1) is 11.3 Å². The molecule has 0 saturated carbocycles. The molecule has 33 heavy (non-hydrogen) atoms. The fourth-order valence-corrected chi connectivity index (χ4v) is 5.64. The van der Waals surface area contributed by atoms with Crippen molar-refractivity contribution < 1.29 is 14.4 Å². The largest absolute Gasteiger partial charge is 0.353 e. The van der Waals surface area contributed by atoms with Crippen LogP contribution in [0.2, 0.25) is 0 Å². The Kier molecular flexibility index (Phi) is 7.81. The van der Waals surface area contributed by atoms with Crippen LogP contribution in [0.25, 0.3) is 0 Å². The molecule has 3 amide bonds. The van der Waals surface area contributed by atoms with Crippen LogP contribution in [0.3, 0.4) is 0 Å². The van der Waals surface area contributed by atoms with Gasteiger partial charge in [0.25, 0.3) is 5.91 Å². The third kappa shape index (κ3) is 5.64. The zero-order valence-electron chi connectivity index (χ0n) is 19.2. The van der Waals surface area contributed by atoms with Gasteiger partial charge in [-0.05, 0) is 49.1 Å². The monoisotopic (exact) mass is 467 g/mol. The number of carbonyl (C=O) groups is 3. The minimum atomic E-state index is -0.162. The summed E-state index contributed by atoms with van der Waals surface area (Å²) in [5, 5.41) is 5.11. The van der Waals surface area contributed by atoms with Gasteiger partial charge in [0.1, 0.15) is 0 Å². The molecule has 3 heterocycles. The molecule has 0 aliphatic carbocycles. The number of thiophene rings is 1. The van der Waals surface area contributed by atoms with Gasteiger partial charge in [-0.1, -0.05) is 43.3 Å². The molecule has 2 fully saturated rings. The molecule has 1 N–H and O–H groups in total. The molecule has 4 rings (SSSR count). The number of piperidine rings is 2.